The van der Waals surface area contributed by atoms with Crippen molar-refractivity contribution in [2.24, 2.45) is 0 Å². The summed E-state index contributed by atoms with van der Waals surface area (Å²) in [5.41, 5.74) is 4.73. The fraction of sp³-hybridized carbons (Fsp3) is 0.412. The summed E-state index contributed by atoms with van der Waals surface area (Å²) in [5, 5.41) is 3.22. The van der Waals surface area contributed by atoms with Crippen molar-refractivity contribution in [3.05, 3.63) is 47.4 Å². The van der Waals surface area contributed by atoms with Gasteiger partial charge in [0, 0.05) is 24.2 Å². The molecule has 0 radical (unpaired) electrons. The average Bonchev–Trinajstić information content (AvgIpc) is 2.47. The summed E-state index contributed by atoms with van der Waals surface area (Å²) in [7, 11) is 1.97. The topological polar surface area (TPSA) is 37.8 Å². The Kier molecular flexibility index (Phi) is 4.85. The maximum atomic E-state index is 4.78. The Morgan fingerprint density at radius 3 is 2.70 bits per heavy atom. The predicted molar refractivity (Wildman–Crippen MR) is 83.9 cm³/mol. The third-order valence-corrected chi connectivity index (χ3v) is 3.65. The van der Waals surface area contributed by atoms with Gasteiger partial charge in [0.2, 0.25) is 0 Å². The molecule has 1 N–H and O–H groups in total. The van der Waals surface area contributed by atoms with Crippen molar-refractivity contribution >= 4 is 0 Å². The molecular weight excluding hydrogens is 246 g/mol. The highest BCUT2D eigenvalue weighted by molar-refractivity contribution is 5.64. The van der Waals surface area contributed by atoms with Crippen molar-refractivity contribution in [1.82, 2.24) is 15.3 Å². The van der Waals surface area contributed by atoms with E-state index in [1.165, 1.54) is 16.7 Å². The van der Waals surface area contributed by atoms with Gasteiger partial charge >= 0.3 is 0 Å². The van der Waals surface area contributed by atoms with Gasteiger partial charge in [0.25, 0.3) is 0 Å². The van der Waals surface area contributed by atoms with Crippen molar-refractivity contribution in [1.29, 1.82) is 0 Å². The quantitative estimate of drug-likeness (QED) is 0.903. The number of benzene rings is 1. The molecule has 0 saturated heterocycles. The SMILES string of the molecule is CCC(CNC)c1nccc(-c2cc(C)ccc2C)n1. The molecule has 1 atom stereocenters. The van der Waals surface area contributed by atoms with E-state index in [0.29, 0.717) is 5.92 Å². The summed E-state index contributed by atoms with van der Waals surface area (Å²) >= 11 is 0. The minimum atomic E-state index is 0.366. The van der Waals surface area contributed by atoms with Gasteiger partial charge < -0.3 is 5.32 Å². The van der Waals surface area contributed by atoms with E-state index in [0.717, 1.165) is 24.5 Å². The van der Waals surface area contributed by atoms with E-state index in [4.69, 9.17) is 4.98 Å². The van der Waals surface area contributed by atoms with E-state index in [-0.39, 0.29) is 0 Å². The normalized spacial score (nSPS) is 12.4. The van der Waals surface area contributed by atoms with Gasteiger partial charge in [-0.1, -0.05) is 24.6 Å². The van der Waals surface area contributed by atoms with Gasteiger partial charge in [-0.25, -0.2) is 9.97 Å². The summed E-state index contributed by atoms with van der Waals surface area (Å²) in [6.07, 6.45) is 2.91. The number of nitrogens with one attached hydrogen (secondary N) is 1. The van der Waals surface area contributed by atoms with Crippen molar-refractivity contribution in [3.8, 4) is 11.3 Å². The maximum Gasteiger partial charge on any atom is 0.133 e. The first-order valence-corrected chi connectivity index (χ1v) is 7.20. The zero-order valence-corrected chi connectivity index (χ0v) is 12.8. The van der Waals surface area contributed by atoms with E-state index in [1.54, 1.807) is 0 Å². The molecular formula is C17H23N3. The molecule has 2 aromatic rings. The molecule has 0 aliphatic carbocycles. The first-order chi connectivity index (χ1) is 9.65. The van der Waals surface area contributed by atoms with Crippen molar-refractivity contribution < 1.29 is 0 Å². The molecule has 1 unspecified atom stereocenters. The highest BCUT2D eigenvalue weighted by atomic mass is 14.9. The van der Waals surface area contributed by atoms with Gasteiger partial charge in [0.15, 0.2) is 0 Å². The largest absolute Gasteiger partial charge is 0.319 e. The molecule has 1 aromatic heterocycles. The zero-order valence-electron chi connectivity index (χ0n) is 12.8. The van der Waals surface area contributed by atoms with E-state index in [9.17, 15) is 0 Å². The number of aromatic nitrogens is 2. The smallest absolute Gasteiger partial charge is 0.133 e. The van der Waals surface area contributed by atoms with Crippen LogP contribution in [0.25, 0.3) is 11.3 Å². The van der Waals surface area contributed by atoms with Crippen molar-refractivity contribution in [2.45, 2.75) is 33.1 Å². The fourth-order valence-electron chi connectivity index (χ4n) is 2.40. The van der Waals surface area contributed by atoms with Gasteiger partial charge in [-0.2, -0.15) is 0 Å². The Balaban J connectivity index is 2.41. The molecule has 20 heavy (non-hydrogen) atoms. The zero-order chi connectivity index (χ0) is 14.5. The Bertz CT molecular complexity index is 578. The number of hydrogen-bond acceptors (Lipinski definition) is 3. The van der Waals surface area contributed by atoms with Gasteiger partial charge in [-0.05, 0) is 45.0 Å². The molecule has 0 fully saturated rings. The van der Waals surface area contributed by atoms with Crippen molar-refractivity contribution in [3.63, 3.8) is 0 Å². The lowest BCUT2D eigenvalue weighted by Crippen LogP contribution is -2.18. The molecule has 0 aliphatic heterocycles. The number of hydrogen-bond donors (Lipinski definition) is 1. The molecule has 0 amide bonds. The van der Waals surface area contributed by atoms with Crippen LogP contribution < -0.4 is 5.32 Å². The second-order valence-electron chi connectivity index (χ2n) is 5.28. The van der Waals surface area contributed by atoms with E-state index in [1.807, 2.05) is 19.3 Å². The average molecular weight is 269 g/mol. The van der Waals surface area contributed by atoms with Crippen LogP contribution in [0.3, 0.4) is 0 Å². The predicted octanol–water partition coefficient (Wildman–Crippen LogP) is 3.47. The summed E-state index contributed by atoms with van der Waals surface area (Å²) < 4.78 is 0. The third kappa shape index (κ3) is 3.23. The standard InChI is InChI=1S/C17H23N3/c1-5-14(11-18-4)17-19-9-8-16(20-17)15-10-12(2)6-7-13(15)3/h6-10,14,18H,5,11H2,1-4H3. The molecule has 106 valence electrons. The second kappa shape index (κ2) is 6.62. The number of nitrogens with zero attached hydrogens (tertiary/aromatic N) is 2. The minimum absolute atomic E-state index is 0.366. The summed E-state index contributed by atoms with van der Waals surface area (Å²) in [4.78, 5) is 9.24. The maximum absolute atomic E-state index is 4.78. The number of aryl methyl sites for hydroxylation is 2. The second-order valence-corrected chi connectivity index (χ2v) is 5.28. The molecule has 3 nitrogen and oxygen atoms in total. The van der Waals surface area contributed by atoms with Crippen LogP contribution in [0.1, 0.15) is 36.2 Å². The molecule has 2 rings (SSSR count). The first kappa shape index (κ1) is 14.7. The van der Waals surface area contributed by atoms with Crippen LogP contribution >= 0.6 is 0 Å². The van der Waals surface area contributed by atoms with Gasteiger partial charge in [0.1, 0.15) is 5.82 Å². The lowest BCUT2D eigenvalue weighted by atomic mass is 10.0. The highest BCUT2D eigenvalue weighted by Crippen LogP contribution is 2.24. The molecule has 1 aromatic carbocycles. The summed E-state index contributed by atoms with van der Waals surface area (Å²) in [6.45, 7) is 7.32. The van der Waals surface area contributed by atoms with E-state index >= 15 is 0 Å². The number of rotatable bonds is 5. The Morgan fingerprint density at radius 1 is 1.20 bits per heavy atom. The van der Waals surface area contributed by atoms with Crippen LogP contribution in [0.15, 0.2) is 30.5 Å². The minimum Gasteiger partial charge on any atom is -0.319 e. The summed E-state index contributed by atoms with van der Waals surface area (Å²) in [5.74, 6) is 1.30. The monoisotopic (exact) mass is 269 g/mol. The van der Waals surface area contributed by atoms with Crippen LogP contribution in [-0.2, 0) is 0 Å². The molecule has 0 aliphatic rings. The highest BCUT2D eigenvalue weighted by Gasteiger charge is 2.13. The first-order valence-electron chi connectivity index (χ1n) is 7.20. The van der Waals surface area contributed by atoms with E-state index in [2.05, 4.69) is 49.3 Å². The van der Waals surface area contributed by atoms with Gasteiger partial charge in [0.05, 0.1) is 5.69 Å². The summed E-state index contributed by atoms with van der Waals surface area (Å²) in [6, 6.07) is 8.48. The van der Waals surface area contributed by atoms with Crippen LogP contribution in [0, 0.1) is 13.8 Å². The lowest BCUT2D eigenvalue weighted by Gasteiger charge is -2.14. The van der Waals surface area contributed by atoms with Crippen LogP contribution in [0.4, 0.5) is 0 Å². The molecule has 0 bridgehead atoms. The molecule has 0 saturated carbocycles. The number of likely N-dealkylation sites (N-methyl/N-ethyl adjacent to an activating group) is 1. The fourth-order valence-corrected chi connectivity index (χ4v) is 2.40. The van der Waals surface area contributed by atoms with Gasteiger partial charge in [-0.15, -0.1) is 0 Å². The van der Waals surface area contributed by atoms with Gasteiger partial charge in [-0.3, -0.25) is 0 Å². The van der Waals surface area contributed by atoms with Crippen molar-refractivity contribution in [2.75, 3.05) is 13.6 Å². The third-order valence-electron chi connectivity index (χ3n) is 3.65. The van der Waals surface area contributed by atoms with E-state index < -0.39 is 0 Å². The Labute approximate surface area is 121 Å². The Morgan fingerprint density at radius 2 is 2.00 bits per heavy atom. The molecule has 1 heterocycles. The lowest BCUT2D eigenvalue weighted by molar-refractivity contribution is 0.580. The van der Waals surface area contributed by atoms with Crippen LogP contribution in [0.2, 0.25) is 0 Å². The molecule has 0 spiro atoms. The van der Waals surface area contributed by atoms with Crippen LogP contribution in [-0.4, -0.2) is 23.6 Å². The Hall–Kier alpha value is -1.74. The van der Waals surface area contributed by atoms with Crippen LogP contribution in [0.5, 0.6) is 0 Å². The molecule has 3 heteroatoms.